The van der Waals surface area contributed by atoms with Gasteiger partial charge < -0.3 is 12.6 Å². The molecule has 0 unspecified atom stereocenters. The maximum Gasteiger partial charge on any atom is 1.00 e. The molecule has 0 aromatic heterocycles. The maximum atomic E-state index is 5.09. The average molecular weight is 245 g/mol. The second-order valence-corrected chi connectivity index (χ2v) is 2.63. The van der Waals surface area contributed by atoms with Crippen LogP contribution in [0, 0.1) is 13.8 Å². The monoisotopic (exact) mass is 244 g/mol. The summed E-state index contributed by atoms with van der Waals surface area (Å²) in [6.45, 7) is 4.07. The SMILES string of the molecule is Cc1cccc(C)c1[S-].[Ag+]. The number of benzene rings is 1. The fourth-order valence-electron chi connectivity index (χ4n) is 0.799. The molecule has 0 aliphatic rings. The van der Waals surface area contributed by atoms with Gasteiger partial charge >= 0.3 is 22.4 Å². The Kier molecular flexibility index (Phi) is 4.22. The largest absolute Gasteiger partial charge is 1.00 e. The van der Waals surface area contributed by atoms with Crippen molar-refractivity contribution in [3.05, 3.63) is 29.3 Å². The fourth-order valence-corrected chi connectivity index (χ4v) is 0.935. The molecule has 1 aromatic rings. The summed E-state index contributed by atoms with van der Waals surface area (Å²) in [6, 6.07) is 6.10. The second-order valence-electron chi connectivity index (χ2n) is 2.22. The van der Waals surface area contributed by atoms with Crippen LogP contribution in [0.25, 0.3) is 0 Å². The van der Waals surface area contributed by atoms with E-state index in [-0.39, 0.29) is 22.4 Å². The maximum absolute atomic E-state index is 5.09. The Hall–Kier alpha value is 0.180. The molecule has 0 saturated carbocycles. The first-order valence-corrected chi connectivity index (χ1v) is 3.36. The Labute approximate surface area is 82.9 Å². The minimum atomic E-state index is 0. The normalized spacial score (nSPS) is 8.60. The zero-order valence-corrected chi connectivity index (χ0v) is 8.24. The van der Waals surface area contributed by atoms with Gasteiger partial charge in [-0.05, 0) is 13.8 Å². The molecule has 58 valence electrons. The Balaban J connectivity index is 0.000000810. The van der Waals surface area contributed by atoms with Crippen molar-refractivity contribution in [3.8, 4) is 0 Å². The smallest absolute Gasteiger partial charge is 0.779 e. The van der Waals surface area contributed by atoms with Gasteiger partial charge in [-0.3, -0.25) is 0 Å². The van der Waals surface area contributed by atoms with E-state index in [9.17, 15) is 0 Å². The van der Waals surface area contributed by atoms with Gasteiger partial charge in [-0.1, -0.05) is 29.3 Å². The number of rotatable bonds is 0. The number of aryl methyl sites for hydroxylation is 2. The van der Waals surface area contributed by atoms with Crippen LogP contribution in [0.1, 0.15) is 11.1 Å². The van der Waals surface area contributed by atoms with Gasteiger partial charge in [-0.2, -0.15) is 4.90 Å². The Bertz CT molecular complexity index is 200. The molecular weight excluding hydrogens is 236 g/mol. The molecule has 0 spiro atoms. The van der Waals surface area contributed by atoms with Crippen LogP contribution in [-0.2, 0) is 35.0 Å². The standard InChI is InChI=1S/C8H10S.Ag/c1-6-4-3-5-7(2)8(6)9;/h3-5,9H,1-2H3;/q;+1/p-1. The Morgan fingerprint density at radius 2 is 1.50 bits per heavy atom. The third-order valence-electron chi connectivity index (χ3n) is 1.41. The van der Waals surface area contributed by atoms with Gasteiger partial charge in [0.25, 0.3) is 0 Å². The minimum Gasteiger partial charge on any atom is -0.779 e. The van der Waals surface area contributed by atoms with E-state index in [0.717, 1.165) is 4.90 Å². The first-order valence-electron chi connectivity index (χ1n) is 2.95. The van der Waals surface area contributed by atoms with Crippen LogP contribution < -0.4 is 0 Å². The van der Waals surface area contributed by atoms with Crippen LogP contribution in [0.15, 0.2) is 23.1 Å². The molecule has 1 aromatic carbocycles. The van der Waals surface area contributed by atoms with E-state index in [1.807, 2.05) is 32.0 Å². The molecule has 0 aliphatic heterocycles. The van der Waals surface area contributed by atoms with Crippen LogP contribution in [0.4, 0.5) is 0 Å². The van der Waals surface area contributed by atoms with Gasteiger partial charge in [0.1, 0.15) is 0 Å². The summed E-state index contributed by atoms with van der Waals surface area (Å²) < 4.78 is 0. The molecular formula is C8H9AgS. The van der Waals surface area contributed by atoms with Crippen molar-refractivity contribution in [2.75, 3.05) is 0 Å². The van der Waals surface area contributed by atoms with Crippen LogP contribution in [0.2, 0.25) is 0 Å². The quantitative estimate of drug-likeness (QED) is 0.498. The third-order valence-corrected chi connectivity index (χ3v) is 2.05. The van der Waals surface area contributed by atoms with Crippen molar-refractivity contribution >= 4 is 12.6 Å². The summed E-state index contributed by atoms with van der Waals surface area (Å²) >= 11 is 5.09. The van der Waals surface area contributed by atoms with E-state index in [1.54, 1.807) is 0 Å². The van der Waals surface area contributed by atoms with E-state index < -0.39 is 0 Å². The summed E-state index contributed by atoms with van der Waals surface area (Å²) in [5, 5.41) is 0. The molecule has 0 saturated heterocycles. The molecule has 10 heavy (non-hydrogen) atoms. The Morgan fingerprint density at radius 1 is 1.10 bits per heavy atom. The Morgan fingerprint density at radius 3 is 1.80 bits per heavy atom. The molecule has 0 aliphatic carbocycles. The van der Waals surface area contributed by atoms with Gasteiger partial charge in [0.2, 0.25) is 0 Å². The molecule has 0 nitrogen and oxygen atoms in total. The van der Waals surface area contributed by atoms with Gasteiger partial charge in [-0.15, -0.1) is 0 Å². The first kappa shape index (κ1) is 10.2. The third kappa shape index (κ3) is 2.10. The summed E-state index contributed by atoms with van der Waals surface area (Å²) in [7, 11) is 0. The van der Waals surface area contributed by atoms with Crippen LogP contribution in [0.3, 0.4) is 0 Å². The summed E-state index contributed by atoms with van der Waals surface area (Å²) in [6.07, 6.45) is 0. The molecule has 0 atom stereocenters. The van der Waals surface area contributed by atoms with Crippen LogP contribution in [-0.4, -0.2) is 0 Å². The summed E-state index contributed by atoms with van der Waals surface area (Å²) in [4.78, 5) is 0.998. The van der Waals surface area contributed by atoms with E-state index in [0.29, 0.717) is 0 Å². The molecule has 0 fully saturated rings. The predicted octanol–water partition coefficient (Wildman–Crippen LogP) is 2.21. The molecule has 0 amide bonds. The number of hydrogen-bond donors (Lipinski definition) is 0. The van der Waals surface area contributed by atoms with E-state index in [1.165, 1.54) is 11.1 Å². The van der Waals surface area contributed by atoms with Crippen molar-refractivity contribution in [1.29, 1.82) is 0 Å². The van der Waals surface area contributed by atoms with Crippen molar-refractivity contribution in [2.45, 2.75) is 18.7 Å². The molecule has 2 heteroatoms. The van der Waals surface area contributed by atoms with Gasteiger partial charge in [-0.25, -0.2) is 0 Å². The van der Waals surface area contributed by atoms with Gasteiger partial charge in [0.15, 0.2) is 0 Å². The fraction of sp³-hybridized carbons (Fsp3) is 0.250. The van der Waals surface area contributed by atoms with Crippen molar-refractivity contribution in [1.82, 2.24) is 0 Å². The average Bonchev–Trinajstić information content (AvgIpc) is 1.83. The molecule has 0 N–H and O–H groups in total. The predicted molar refractivity (Wildman–Crippen MR) is 41.5 cm³/mol. The van der Waals surface area contributed by atoms with E-state index in [4.69, 9.17) is 12.6 Å². The van der Waals surface area contributed by atoms with E-state index >= 15 is 0 Å². The molecule has 0 heterocycles. The molecule has 1 rings (SSSR count). The summed E-state index contributed by atoms with van der Waals surface area (Å²) in [5.41, 5.74) is 2.40. The first-order chi connectivity index (χ1) is 4.22. The van der Waals surface area contributed by atoms with E-state index in [2.05, 4.69) is 0 Å². The van der Waals surface area contributed by atoms with Crippen molar-refractivity contribution < 1.29 is 22.4 Å². The zero-order chi connectivity index (χ0) is 6.85. The minimum absolute atomic E-state index is 0. The molecule has 0 radical (unpaired) electrons. The second kappa shape index (κ2) is 4.14. The van der Waals surface area contributed by atoms with Gasteiger partial charge in [0, 0.05) is 0 Å². The topological polar surface area (TPSA) is 0 Å². The number of hydrogen-bond acceptors (Lipinski definition) is 1. The van der Waals surface area contributed by atoms with Crippen LogP contribution >= 0.6 is 0 Å². The van der Waals surface area contributed by atoms with Gasteiger partial charge in [0.05, 0.1) is 0 Å². The molecule has 0 bridgehead atoms. The zero-order valence-electron chi connectivity index (χ0n) is 5.94. The van der Waals surface area contributed by atoms with Crippen molar-refractivity contribution in [2.24, 2.45) is 0 Å². The van der Waals surface area contributed by atoms with Crippen molar-refractivity contribution in [3.63, 3.8) is 0 Å². The summed E-state index contributed by atoms with van der Waals surface area (Å²) in [5.74, 6) is 0. The van der Waals surface area contributed by atoms with Crippen LogP contribution in [0.5, 0.6) is 0 Å².